The molecule has 1 N–H and O–H groups in total. The Balaban J connectivity index is 1.40. The Morgan fingerprint density at radius 1 is 1.10 bits per heavy atom. The maximum Gasteiger partial charge on any atom is 0.260 e. The van der Waals surface area contributed by atoms with Gasteiger partial charge in [-0.05, 0) is 11.1 Å². The highest BCUT2D eigenvalue weighted by Crippen LogP contribution is 2.30. The van der Waals surface area contributed by atoms with Gasteiger partial charge in [-0.25, -0.2) is 4.98 Å². The van der Waals surface area contributed by atoms with E-state index in [4.69, 9.17) is 0 Å². The molecular formula is C23H21N3O2S2. The van der Waals surface area contributed by atoms with E-state index in [9.17, 15) is 9.59 Å². The van der Waals surface area contributed by atoms with Gasteiger partial charge < -0.3 is 9.88 Å². The average molecular weight is 436 g/mol. The molecular weight excluding hydrogens is 414 g/mol. The molecule has 0 saturated heterocycles. The van der Waals surface area contributed by atoms with Crippen molar-refractivity contribution < 1.29 is 4.79 Å². The van der Waals surface area contributed by atoms with E-state index in [1.54, 1.807) is 11.9 Å². The molecule has 30 heavy (non-hydrogen) atoms. The van der Waals surface area contributed by atoms with E-state index in [-0.39, 0.29) is 11.5 Å². The number of amides is 1. The van der Waals surface area contributed by atoms with Gasteiger partial charge in [0.2, 0.25) is 5.91 Å². The van der Waals surface area contributed by atoms with Crippen LogP contribution >= 0.6 is 23.1 Å². The fourth-order valence-electron chi connectivity index (χ4n) is 3.18. The second-order valence-corrected chi connectivity index (χ2v) is 8.78. The standard InChI is InChI=1S/C23H21N3O2S2/c1-26(12-16-8-4-2-5-9-16)20(27)15-29-14-19-24-22(28)21-18(13-30-23(21)25-19)17-10-6-3-7-11-17/h2-11,13H,12,14-15H2,1H3,(H,24,25,28). The number of rotatable bonds is 7. The molecule has 4 rings (SSSR count). The summed E-state index contributed by atoms with van der Waals surface area (Å²) in [6.45, 7) is 0.582. The van der Waals surface area contributed by atoms with Gasteiger partial charge >= 0.3 is 0 Å². The lowest BCUT2D eigenvalue weighted by Crippen LogP contribution is -2.27. The summed E-state index contributed by atoms with van der Waals surface area (Å²) in [5.74, 6) is 1.46. The van der Waals surface area contributed by atoms with Gasteiger partial charge in [0, 0.05) is 24.5 Å². The number of H-pyrrole nitrogens is 1. The van der Waals surface area contributed by atoms with Crippen LogP contribution in [0.25, 0.3) is 21.3 Å². The molecule has 2 aromatic carbocycles. The Kier molecular flexibility index (Phi) is 6.30. The van der Waals surface area contributed by atoms with Crippen LogP contribution in [-0.2, 0) is 17.1 Å². The summed E-state index contributed by atoms with van der Waals surface area (Å²) in [6.07, 6.45) is 0. The quantitative estimate of drug-likeness (QED) is 0.463. The van der Waals surface area contributed by atoms with E-state index in [1.165, 1.54) is 23.1 Å². The van der Waals surface area contributed by atoms with Crippen molar-refractivity contribution >= 4 is 39.2 Å². The predicted octanol–water partition coefficient (Wildman–Crippen LogP) is 4.54. The lowest BCUT2D eigenvalue weighted by Gasteiger charge is -2.17. The van der Waals surface area contributed by atoms with Crippen molar-refractivity contribution in [3.63, 3.8) is 0 Å². The van der Waals surface area contributed by atoms with Crippen LogP contribution in [0.2, 0.25) is 0 Å². The first kappa shape index (κ1) is 20.4. The van der Waals surface area contributed by atoms with E-state index in [2.05, 4.69) is 9.97 Å². The summed E-state index contributed by atoms with van der Waals surface area (Å²) < 4.78 is 0. The largest absolute Gasteiger partial charge is 0.341 e. The lowest BCUT2D eigenvalue weighted by molar-refractivity contribution is -0.127. The summed E-state index contributed by atoms with van der Waals surface area (Å²) in [6, 6.07) is 19.7. The number of benzene rings is 2. The molecule has 0 aliphatic heterocycles. The van der Waals surface area contributed by atoms with Gasteiger partial charge in [-0.3, -0.25) is 9.59 Å². The number of thiophene rings is 1. The first-order chi connectivity index (χ1) is 14.6. The molecule has 5 nitrogen and oxygen atoms in total. The Morgan fingerprint density at radius 2 is 1.80 bits per heavy atom. The topological polar surface area (TPSA) is 66.1 Å². The summed E-state index contributed by atoms with van der Waals surface area (Å²) in [7, 11) is 1.80. The van der Waals surface area contributed by atoms with Crippen LogP contribution in [0, 0.1) is 0 Å². The first-order valence-corrected chi connectivity index (χ1v) is 11.6. The van der Waals surface area contributed by atoms with Crippen molar-refractivity contribution in [3.8, 4) is 11.1 Å². The van der Waals surface area contributed by atoms with Crippen LogP contribution in [-0.4, -0.2) is 33.6 Å². The Bertz CT molecular complexity index is 1200. The van der Waals surface area contributed by atoms with Crippen molar-refractivity contribution in [2.45, 2.75) is 12.3 Å². The van der Waals surface area contributed by atoms with Crippen molar-refractivity contribution in [2.24, 2.45) is 0 Å². The second kappa shape index (κ2) is 9.28. The van der Waals surface area contributed by atoms with Gasteiger partial charge in [0.1, 0.15) is 10.7 Å². The van der Waals surface area contributed by atoms with E-state index in [0.717, 1.165) is 21.5 Å². The molecule has 2 aromatic heterocycles. The van der Waals surface area contributed by atoms with Crippen LogP contribution in [0.5, 0.6) is 0 Å². The highest BCUT2D eigenvalue weighted by molar-refractivity contribution is 7.99. The van der Waals surface area contributed by atoms with Gasteiger partial charge in [-0.15, -0.1) is 23.1 Å². The number of hydrogen-bond donors (Lipinski definition) is 1. The minimum atomic E-state index is -0.136. The molecule has 4 aromatic rings. The van der Waals surface area contributed by atoms with Gasteiger partial charge in [0.25, 0.3) is 5.56 Å². The zero-order valence-electron chi connectivity index (χ0n) is 16.5. The third-order valence-corrected chi connectivity index (χ3v) is 6.53. The zero-order chi connectivity index (χ0) is 20.9. The number of aromatic amines is 1. The molecule has 0 aliphatic carbocycles. The summed E-state index contributed by atoms with van der Waals surface area (Å²) in [5, 5.41) is 2.60. The molecule has 0 spiro atoms. The monoisotopic (exact) mass is 435 g/mol. The third kappa shape index (κ3) is 4.63. The number of carbonyl (C=O) groups excluding carboxylic acids is 1. The van der Waals surface area contributed by atoms with E-state index >= 15 is 0 Å². The molecule has 0 fully saturated rings. The first-order valence-electron chi connectivity index (χ1n) is 9.53. The summed E-state index contributed by atoms with van der Waals surface area (Å²) in [5.41, 5.74) is 2.87. The Hall–Kier alpha value is -2.90. The zero-order valence-corrected chi connectivity index (χ0v) is 18.1. The Labute approximate surface area is 182 Å². The van der Waals surface area contributed by atoms with Crippen molar-refractivity contribution in [2.75, 3.05) is 12.8 Å². The Morgan fingerprint density at radius 3 is 2.53 bits per heavy atom. The maximum absolute atomic E-state index is 12.7. The van der Waals surface area contributed by atoms with Gasteiger partial charge in [-0.2, -0.15) is 0 Å². The van der Waals surface area contributed by atoms with E-state index in [1.807, 2.05) is 66.0 Å². The number of fused-ring (bicyclic) bond motifs is 1. The van der Waals surface area contributed by atoms with Crippen molar-refractivity contribution in [3.05, 3.63) is 87.8 Å². The molecule has 0 unspecified atom stereocenters. The van der Waals surface area contributed by atoms with Crippen LogP contribution in [0.3, 0.4) is 0 Å². The van der Waals surface area contributed by atoms with Gasteiger partial charge in [-0.1, -0.05) is 60.7 Å². The van der Waals surface area contributed by atoms with Crippen molar-refractivity contribution in [1.82, 2.24) is 14.9 Å². The number of aromatic nitrogens is 2. The average Bonchev–Trinajstić information content (AvgIpc) is 3.19. The van der Waals surface area contributed by atoms with Crippen molar-refractivity contribution in [1.29, 1.82) is 0 Å². The fraction of sp³-hybridized carbons (Fsp3) is 0.174. The predicted molar refractivity (Wildman–Crippen MR) is 125 cm³/mol. The number of nitrogens with zero attached hydrogens (tertiary/aromatic N) is 2. The van der Waals surface area contributed by atoms with Crippen LogP contribution in [0.4, 0.5) is 0 Å². The van der Waals surface area contributed by atoms with E-state index < -0.39 is 0 Å². The molecule has 7 heteroatoms. The second-order valence-electron chi connectivity index (χ2n) is 6.94. The number of thioether (sulfide) groups is 1. The summed E-state index contributed by atoms with van der Waals surface area (Å²) >= 11 is 2.92. The molecule has 2 heterocycles. The van der Waals surface area contributed by atoms with E-state index in [0.29, 0.717) is 29.3 Å². The summed E-state index contributed by atoms with van der Waals surface area (Å²) in [4.78, 5) is 35.0. The minimum absolute atomic E-state index is 0.0507. The molecule has 0 atom stereocenters. The smallest absolute Gasteiger partial charge is 0.260 e. The third-order valence-electron chi connectivity index (χ3n) is 4.73. The van der Waals surface area contributed by atoms with Crippen LogP contribution in [0.15, 0.2) is 70.8 Å². The highest BCUT2D eigenvalue weighted by atomic mass is 32.2. The van der Waals surface area contributed by atoms with Crippen LogP contribution in [0.1, 0.15) is 11.4 Å². The molecule has 152 valence electrons. The normalized spacial score (nSPS) is 11.0. The van der Waals surface area contributed by atoms with Crippen LogP contribution < -0.4 is 5.56 Å². The molecule has 0 bridgehead atoms. The molecule has 0 radical (unpaired) electrons. The molecule has 0 aliphatic rings. The highest BCUT2D eigenvalue weighted by Gasteiger charge is 2.14. The number of carbonyl (C=O) groups is 1. The minimum Gasteiger partial charge on any atom is -0.341 e. The van der Waals surface area contributed by atoms with Gasteiger partial charge in [0.05, 0.1) is 16.9 Å². The molecule has 1 amide bonds. The SMILES string of the molecule is CN(Cc1ccccc1)C(=O)CSCc1nc2scc(-c3ccccc3)c2c(=O)[nH]1. The molecule has 0 saturated carbocycles. The maximum atomic E-state index is 12.7. The fourth-order valence-corrected chi connectivity index (χ4v) is 4.98. The lowest BCUT2D eigenvalue weighted by atomic mass is 10.1. The number of nitrogens with one attached hydrogen (secondary N) is 1. The van der Waals surface area contributed by atoms with Gasteiger partial charge in [0.15, 0.2) is 0 Å². The number of hydrogen-bond acceptors (Lipinski definition) is 5.